The number of methoxy groups -OCH3 is 1. The first-order valence-electron chi connectivity index (χ1n) is 15.6. The van der Waals surface area contributed by atoms with Crippen LogP contribution in [0.5, 0.6) is 5.75 Å². The molecule has 38 heavy (non-hydrogen) atoms. The molecule has 0 bridgehead atoms. The van der Waals surface area contributed by atoms with E-state index in [9.17, 15) is 0 Å². The lowest BCUT2D eigenvalue weighted by Crippen LogP contribution is -2.34. The van der Waals surface area contributed by atoms with Crippen molar-refractivity contribution in [1.82, 2.24) is 0 Å². The molecule has 4 rings (SSSR count). The van der Waals surface area contributed by atoms with Crippen LogP contribution in [0.4, 0.5) is 5.69 Å². The molecule has 0 amide bonds. The number of anilines is 1. The van der Waals surface area contributed by atoms with Gasteiger partial charge in [0.2, 0.25) is 0 Å². The summed E-state index contributed by atoms with van der Waals surface area (Å²) in [4.78, 5) is 2.68. The summed E-state index contributed by atoms with van der Waals surface area (Å²) < 4.78 is 5.51. The first kappa shape index (κ1) is 30.6. The Bertz CT molecular complexity index is 971. The summed E-state index contributed by atoms with van der Waals surface area (Å²) in [6.07, 6.45) is 13.3. The number of nitrogens with zero attached hydrogens (tertiary/aromatic N) is 1. The second-order valence-electron chi connectivity index (χ2n) is 13.7. The maximum Gasteiger partial charge on any atom is 0.119 e. The molecule has 0 N–H and O–H groups in total. The molecule has 212 valence electrons. The zero-order valence-corrected chi connectivity index (χ0v) is 26.0. The minimum absolute atomic E-state index is 0.382. The van der Waals surface area contributed by atoms with Gasteiger partial charge in [0.25, 0.3) is 0 Å². The summed E-state index contributed by atoms with van der Waals surface area (Å²) in [5, 5.41) is 0. The van der Waals surface area contributed by atoms with Crippen LogP contribution < -0.4 is 9.64 Å². The van der Waals surface area contributed by atoms with E-state index in [1.54, 1.807) is 12.7 Å². The Morgan fingerprint density at radius 3 is 2.05 bits per heavy atom. The van der Waals surface area contributed by atoms with Gasteiger partial charge in [0.15, 0.2) is 0 Å². The predicted molar refractivity (Wildman–Crippen MR) is 168 cm³/mol. The molecule has 0 radical (unpaired) electrons. The van der Waals surface area contributed by atoms with Crippen molar-refractivity contribution in [2.75, 3.05) is 25.1 Å². The third-order valence-corrected chi connectivity index (χ3v) is 8.57. The van der Waals surface area contributed by atoms with Crippen LogP contribution in [-0.4, -0.2) is 20.2 Å². The third kappa shape index (κ3) is 9.06. The fraction of sp³-hybridized carbons (Fsp3) is 0.667. The Morgan fingerprint density at radius 1 is 0.816 bits per heavy atom. The van der Waals surface area contributed by atoms with Gasteiger partial charge in [-0.05, 0) is 89.7 Å². The number of hydrogen-bond donors (Lipinski definition) is 0. The van der Waals surface area contributed by atoms with Crippen LogP contribution in [0.2, 0.25) is 0 Å². The largest absolute Gasteiger partial charge is 0.497 e. The van der Waals surface area contributed by atoms with E-state index in [1.807, 2.05) is 6.07 Å². The van der Waals surface area contributed by atoms with E-state index in [2.05, 4.69) is 89.8 Å². The van der Waals surface area contributed by atoms with E-state index in [-0.39, 0.29) is 0 Å². The highest BCUT2D eigenvalue weighted by molar-refractivity contribution is 5.72. The zero-order chi connectivity index (χ0) is 27.8. The number of rotatable bonds is 11. The molecule has 2 aliphatic rings. The Labute approximate surface area is 235 Å². The molecule has 2 aromatic carbocycles. The highest BCUT2D eigenvalue weighted by atomic mass is 16.5. The van der Waals surface area contributed by atoms with Crippen molar-refractivity contribution in [3.8, 4) is 16.9 Å². The highest BCUT2D eigenvalue weighted by Crippen LogP contribution is 2.53. The summed E-state index contributed by atoms with van der Waals surface area (Å²) in [7, 11) is 1.75. The van der Waals surface area contributed by atoms with Gasteiger partial charge < -0.3 is 9.64 Å². The maximum absolute atomic E-state index is 5.51. The van der Waals surface area contributed by atoms with E-state index >= 15 is 0 Å². The Morgan fingerprint density at radius 2 is 1.50 bits per heavy atom. The van der Waals surface area contributed by atoms with Crippen LogP contribution in [0.3, 0.4) is 0 Å². The van der Waals surface area contributed by atoms with Crippen molar-refractivity contribution in [3.63, 3.8) is 0 Å². The Hall–Kier alpha value is -1.96. The van der Waals surface area contributed by atoms with Crippen LogP contribution in [-0.2, 0) is 0 Å². The Kier molecular flexibility index (Phi) is 11.2. The normalized spacial score (nSPS) is 18.4. The minimum Gasteiger partial charge on any atom is -0.497 e. The molecular weight excluding hydrogens is 462 g/mol. The zero-order valence-electron chi connectivity index (χ0n) is 26.0. The lowest BCUT2D eigenvalue weighted by Gasteiger charge is -2.46. The molecule has 0 atom stereocenters. The second-order valence-corrected chi connectivity index (χ2v) is 13.7. The first-order valence-corrected chi connectivity index (χ1v) is 15.6. The molecule has 0 saturated heterocycles. The standard InChI is InChI=1S/C31H47NO.C5H10/c1-8-10-11-18-32(17-9-2)29-20-25(24-13-12-14-27(19-24)33-7)15-16-28(29)26-21-30(3,4)23-31(5,6)22-26;1-2-5-3-4-5/h12-16,19-20,26H,8-11,17-18,21-23H2,1-7H3;5H,2-4H2,1H3. The van der Waals surface area contributed by atoms with E-state index in [0.717, 1.165) is 24.8 Å². The molecule has 2 aromatic rings. The average Bonchev–Trinajstić information content (AvgIpc) is 3.71. The average molecular weight is 520 g/mol. The van der Waals surface area contributed by atoms with Crippen molar-refractivity contribution in [2.24, 2.45) is 16.7 Å². The topological polar surface area (TPSA) is 12.5 Å². The highest BCUT2D eigenvalue weighted by Gasteiger charge is 2.39. The molecule has 0 spiro atoms. The summed E-state index contributed by atoms with van der Waals surface area (Å²) in [5.41, 5.74) is 6.31. The molecule has 0 aromatic heterocycles. The van der Waals surface area contributed by atoms with E-state index < -0.39 is 0 Å². The first-order chi connectivity index (χ1) is 18.1. The summed E-state index contributed by atoms with van der Waals surface area (Å²) in [6, 6.07) is 15.8. The van der Waals surface area contributed by atoms with Crippen LogP contribution >= 0.6 is 0 Å². The van der Waals surface area contributed by atoms with Crippen molar-refractivity contribution < 1.29 is 4.74 Å². The molecular formula is C36H57NO. The van der Waals surface area contributed by atoms with Gasteiger partial charge in [0.1, 0.15) is 5.75 Å². The number of hydrogen-bond acceptors (Lipinski definition) is 2. The van der Waals surface area contributed by atoms with Crippen molar-refractivity contribution in [2.45, 2.75) is 119 Å². The Balaban J connectivity index is 0.000000715. The van der Waals surface area contributed by atoms with Crippen molar-refractivity contribution in [1.29, 1.82) is 0 Å². The quantitative estimate of drug-likeness (QED) is 0.274. The molecule has 2 heteroatoms. The summed E-state index contributed by atoms with van der Waals surface area (Å²) in [5.74, 6) is 2.67. The van der Waals surface area contributed by atoms with Gasteiger partial charge in [0.05, 0.1) is 7.11 Å². The predicted octanol–water partition coefficient (Wildman–Crippen LogP) is 10.9. The van der Waals surface area contributed by atoms with E-state index in [1.165, 1.54) is 81.0 Å². The SMILES string of the molecule is CCC1CC1.CCCCCN(CCC)c1cc(-c2cccc(OC)c2)ccc1C1CC(C)(C)CC(C)(C)C1. The van der Waals surface area contributed by atoms with Gasteiger partial charge in [-0.2, -0.15) is 0 Å². The molecule has 2 aliphatic carbocycles. The van der Waals surface area contributed by atoms with Crippen LogP contribution in [0.1, 0.15) is 124 Å². The summed E-state index contributed by atoms with van der Waals surface area (Å²) >= 11 is 0. The van der Waals surface area contributed by atoms with Gasteiger partial charge in [-0.3, -0.25) is 0 Å². The molecule has 0 unspecified atom stereocenters. The van der Waals surface area contributed by atoms with E-state index in [0.29, 0.717) is 16.7 Å². The lowest BCUT2D eigenvalue weighted by molar-refractivity contribution is 0.0970. The number of unbranched alkanes of at least 4 members (excludes halogenated alkanes) is 2. The van der Waals surface area contributed by atoms with Gasteiger partial charge >= 0.3 is 0 Å². The molecule has 2 nitrogen and oxygen atoms in total. The van der Waals surface area contributed by atoms with Crippen LogP contribution in [0.15, 0.2) is 42.5 Å². The monoisotopic (exact) mass is 519 g/mol. The van der Waals surface area contributed by atoms with Gasteiger partial charge in [-0.25, -0.2) is 0 Å². The summed E-state index contributed by atoms with van der Waals surface area (Å²) in [6.45, 7) is 19.0. The van der Waals surface area contributed by atoms with Crippen molar-refractivity contribution in [3.05, 3.63) is 48.0 Å². The molecule has 2 saturated carbocycles. The lowest BCUT2D eigenvalue weighted by atomic mass is 9.60. The van der Waals surface area contributed by atoms with Gasteiger partial charge in [-0.15, -0.1) is 0 Å². The second kappa shape index (κ2) is 13.9. The smallest absolute Gasteiger partial charge is 0.119 e. The van der Waals surface area contributed by atoms with Crippen LogP contribution in [0.25, 0.3) is 11.1 Å². The van der Waals surface area contributed by atoms with Crippen molar-refractivity contribution >= 4 is 5.69 Å². The fourth-order valence-corrected chi connectivity index (χ4v) is 6.91. The van der Waals surface area contributed by atoms with E-state index in [4.69, 9.17) is 4.74 Å². The number of ether oxygens (including phenoxy) is 1. The minimum atomic E-state index is 0.382. The fourth-order valence-electron chi connectivity index (χ4n) is 6.91. The van der Waals surface area contributed by atoms with Gasteiger partial charge in [0, 0.05) is 18.8 Å². The molecule has 2 fully saturated rings. The van der Waals surface area contributed by atoms with Crippen LogP contribution in [0, 0.1) is 16.7 Å². The maximum atomic E-state index is 5.51. The molecule has 0 heterocycles. The number of benzene rings is 2. The molecule has 0 aliphatic heterocycles. The third-order valence-electron chi connectivity index (χ3n) is 8.57. The van der Waals surface area contributed by atoms with Gasteiger partial charge in [-0.1, -0.05) is 105 Å².